The summed E-state index contributed by atoms with van der Waals surface area (Å²) < 4.78 is 14.7. The Morgan fingerprint density at radius 1 is 1.15 bits per heavy atom. The van der Waals surface area contributed by atoms with Crippen molar-refractivity contribution in [2.75, 3.05) is 44.7 Å². The maximum Gasteiger partial charge on any atom is 0.155 e. The predicted octanol–water partition coefficient (Wildman–Crippen LogP) is 1.98. The lowest BCUT2D eigenvalue weighted by molar-refractivity contribution is 0.253. The van der Waals surface area contributed by atoms with Gasteiger partial charge in [0.05, 0.1) is 5.69 Å². The molecule has 3 saturated heterocycles. The molecule has 5 rings (SSSR count). The zero-order valence-electron chi connectivity index (χ0n) is 15.7. The van der Waals surface area contributed by atoms with Crippen LogP contribution in [-0.2, 0) is 0 Å². The Hall–Kier alpha value is -1.99. The predicted molar refractivity (Wildman–Crippen MR) is 103 cm³/mol. The Morgan fingerprint density at radius 2 is 2.00 bits per heavy atom. The van der Waals surface area contributed by atoms with Crippen molar-refractivity contribution in [2.24, 2.45) is 17.8 Å². The molecule has 0 amide bonds. The van der Waals surface area contributed by atoms with Crippen LogP contribution in [0.25, 0.3) is 11.4 Å². The molecule has 0 spiro atoms. The lowest BCUT2D eigenvalue weighted by Gasteiger charge is -2.38. The Bertz CT molecular complexity index is 786. The van der Waals surface area contributed by atoms with Crippen LogP contribution in [0.15, 0.2) is 24.5 Å². The van der Waals surface area contributed by atoms with Gasteiger partial charge in [-0.05, 0) is 62.4 Å². The van der Waals surface area contributed by atoms with Crippen molar-refractivity contribution in [1.82, 2.24) is 25.4 Å². The molecule has 3 aliphatic rings. The van der Waals surface area contributed by atoms with Crippen molar-refractivity contribution in [1.29, 1.82) is 0 Å². The molecule has 3 aliphatic heterocycles. The Labute approximate surface area is 159 Å². The molecule has 6 nitrogen and oxygen atoms in total. The molecule has 0 saturated carbocycles. The van der Waals surface area contributed by atoms with E-state index in [1.54, 1.807) is 6.07 Å². The SMILES string of the molecule is CN1CC2CNC(C3CCN(c4ccc(-c5ncn[nH]5)cc4F)CC3)C2C1. The molecule has 1 aromatic heterocycles. The highest BCUT2D eigenvalue weighted by molar-refractivity contribution is 5.61. The average molecular weight is 370 g/mol. The number of nitrogens with zero attached hydrogens (tertiary/aromatic N) is 4. The van der Waals surface area contributed by atoms with Gasteiger partial charge in [-0.3, -0.25) is 5.10 Å². The molecule has 144 valence electrons. The van der Waals surface area contributed by atoms with Gasteiger partial charge in [0.1, 0.15) is 12.1 Å². The van der Waals surface area contributed by atoms with Gasteiger partial charge in [0.25, 0.3) is 0 Å². The van der Waals surface area contributed by atoms with Gasteiger partial charge in [-0.25, -0.2) is 9.37 Å². The maximum atomic E-state index is 14.7. The molecule has 3 fully saturated rings. The van der Waals surface area contributed by atoms with E-state index < -0.39 is 0 Å². The van der Waals surface area contributed by atoms with Crippen LogP contribution >= 0.6 is 0 Å². The van der Waals surface area contributed by atoms with Crippen LogP contribution in [0.1, 0.15) is 12.8 Å². The number of fused-ring (bicyclic) bond motifs is 1. The van der Waals surface area contributed by atoms with Gasteiger partial charge in [0.15, 0.2) is 5.82 Å². The number of halogens is 1. The second-order valence-electron chi connectivity index (χ2n) is 8.40. The minimum atomic E-state index is -0.182. The van der Waals surface area contributed by atoms with Crippen LogP contribution in [-0.4, -0.2) is 65.9 Å². The van der Waals surface area contributed by atoms with Gasteiger partial charge >= 0.3 is 0 Å². The first kappa shape index (κ1) is 17.1. The van der Waals surface area contributed by atoms with Gasteiger partial charge in [0.2, 0.25) is 0 Å². The number of likely N-dealkylation sites (tertiary alicyclic amines) is 1. The van der Waals surface area contributed by atoms with Crippen LogP contribution in [0.2, 0.25) is 0 Å². The summed E-state index contributed by atoms with van der Waals surface area (Å²) in [5.74, 6) is 2.74. The third-order valence-corrected chi connectivity index (χ3v) is 6.78. The van der Waals surface area contributed by atoms with Crippen LogP contribution in [0.5, 0.6) is 0 Å². The second-order valence-corrected chi connectivity index (χ2v) is 8.40. The van der Waals surface area contributed by atoms with E-state index in [2.05, 4.69) is 37.3 Å². The van der Waals surface area contributed by atoms with Crippen molar-refractivity contribution >= 4 is 5.69 Å². The molecule has 3 unspecified atom stereocenters. The number of hydrogen-bond acceptors (Lipinski definition) is 5. The molecule has 27 heavy (non-hydrogen) atoms. The van der Waals surface area contributed by atoms with E-state index in [0.717, 1.165) is 49.9 Å². The zero-order valence-corrected chi connectivity index (χ0v) is 15.7. The highest BCUT2D eigenvalue weighted by Crippen LogP contribution is 2.37. The van der Waals surface area contributed by atoms with Gasteiger partial charge in [-0.1, -0.05) is 0 Å². The minimum absolute atomic E-state index is 0.182. The number of anilines is 1. The molecular formula is C20H27FN6. The van der Waals surface area contributed by atoms with Crippen molar-refractivity contribution in [3.63, 3.8) is 0 Å². The first-order valence-corrected chi connectivity index (χ1v) is 10.0. The van der Waals surface area contributed by atoms with E-state index in [9.17, 15) is 4.39 Å². The van der Waals surface area contributed by atoms with Crippen LogP contribution in [0.3, 0.4) is 0 Å². The summed E-state index contributed by atoms with van der Waals surface area (Å²) in [6, 6.07) is 5.99. The lowest BCUT2D eigenvalue weighted by Crippen LogP contribution is -2.44. The number of benzene rings is 1. The zero-order chi connectivity index (χ0) is 18.4. The minimum Gasteiger partial charge on any atom is -0.369 e. The summed E-state index contributed by atoms with van der Waals surface area (Å²) in [7, 11) is 2.24. The Kier molecular flexibility index (Phi) is 4.36. The van der Waals surface area contributed by atoms with E-state index >= 15 is 0 Å². The third-order valence-electron chi connectivity index (χ3n) is 6.78. The number of H-pyrrole nitrogens is 1. The first-order chi connectivity index (χ1) is 13.2. The standard InChI is InChI=1S/C20H27FN6/c1-26-10-15-9-22-19(16(15)11-26)13-4-6-27(7-5-13)18-3-2-14(8-17(18)21)20-23-12-24-25-20/h2-3,8,12-13,15-16,19,22H,4-7,9-11H2,1H3,(H,23,24,25). The molecule has 0 bridgehead atoms. The van der Waals surface area contributed by atoms with Gasteiger partial charge in [-0.2, -0.15) is 5.10 Å². The van der Waals surface area contributed by atoms with Gasteiger partial charge < -0.3 is 15.1 Å². The highest BCUT2D eigenvalue weighted by atomic mass is 19.1. The summed E-state index contributed by atoms with van der Waals surface area (Å²) in [6.45, 7) is 5.47. The summed E-state index contributed by atoms with van der Waals surface area (Å²) in [5.41, 5.74) is 1.43. The number of rotatable bonds is 3. The van der Waals surface area contributed by atoms with Crippen LogP contribution < -0.4 is 10.2 Å². The smallest absolute Gasteiger partial charge is 0.155 e. The van der Waals surface area contributed by atoms with Crippen molar-refractivity contribution in [3.8, 4) is 11.4 Å². The number of nitrogens with one attached hydrogen (secondary N) is 2. The number of hydrogen-bond donors (Lipinski definition) is 2. The lowest BCUT2D eigenvalue weighted by atomic mass is 9.81. The van der Waals surface area contributed by atoms with E-state index in [-0.39, 0.29) is 5.82 Å². The quantitative estimate of drug-likeness (QED) is 0.865. The van der Waals surface area contributed by atoms with Gasteiger partial charge in [-0.15, -0.1) is 0 Å². The normalized spacial score (nSPS) is 29.4. The second kappa shape index (κ2) is 6.87. The topological polar surface area (TPSA) is 60.1 Å². The molecular weight excluding hydrogens is 343 g/mol. The number of aromatic amines is 1. The summed E-state index contributed by atoms with van der Waals surface area (Å²) >= 11 is 0. The molecule has 7 heteroatoms. The molecule has 3 atom stereocenters. The summed E-state index contributed by atoms with van der Waals surface area (Å²) in [6.07, 6.45) is 3.71. The van der Waals surface area contributed by atoms with Crippen molar-refractivity contribution < 1.29 is 4.39 Å². The molecule has 0 radical (unpaired) electrons. The van der Waals surface area contributed by atoms with Crippen molar-refractivity contribution in [3.05, 3.63) is 30.3 Å². The highest BCUT2D eigenvalue weighted by Gasteiger charge is 2.44. The van der Waals surface area contributed by atoms with E-state index in [1.165, 1.54) is 19.4 Å². The summed E-state index contributed by atoms with van der Waals surface area (Å²) in [4.78, 5) is 8.77. The Balaban J connectivity index is 1.24. The molecule has 0 aliphatic carbocycles. The molecule has 4 heterocycles. The fourth-order valence-corrected chi connectivity index (χ4v) is 5.45. The fraction of sp³-hybridized carbons (Fsp3) is 0.600. The summed E-state index contributed by atoms with van der Waals surface area (Å²) in [5, 5.41) is 10.4. The monoisotopic (exact) mass is 370 g/mol. The van der Waals surface area contributed by atoms with Crippen molar-refractivity contribution in [2.45, 2.75) is 18.9 Å². The van der Waals surface area contributed by atoms with E-state index in [1.807, 2.05) is 12.1 Å². The largest absolute Gasteiger partial charge is 0.369 e. The maximum absolute atomic E-state index is 14.7. The van der Waals surface area contributed by atoms with Crippen LogP contribution in [0, 0.1) is 23.6 Å². The molecule has 2 N–H and O–H groups in total. The van der Waals surface area contributed by atoms with E-state index in [0.29, 0.717) is 23.5 Å². The average Bonchev–Trinajstić information content (AvgIpc) is 3.39. The number of aromatic nitrogens is 3. The molecule has 1 aromatic carbocycles. The Morgan fingerprint density at radius 3 is 2.74 bits per heavy atom. The first-order valence-electron chi connectivity index (χ1n) is 10.0. The van der Waals surface area contributed by atoms with Crippen LogP contribution in [0.4, 0.5) is 10.1 Å². The number of piperidine rings is 1. The van der Waals surface area contributed by atoms with Gasteiger partial charge in [0, 0.05) is 37.8 Å². The van der Waals surface area contributed by atoms with E-state index in [4.69, 9.17) is 0 Å². The molecule has 2 aromatic rings. The fourth-order valence-electron chi connectivity index (χ4n) is 5.45. The third kappa shape index (κ3) is 3.12.